The van der Waals surface area contributed by atoms with Crippen molar-refractivity contribution >= 4 is 31.9 Å². The molecule has 0 aliphatic heterocycles. The molecule has 0 fully saturated rings. The third kappa shape index (κ3) is 2.14. The second kappa shape index (κ2) is 4.97. The molecule has 0 nitrogen and oxygen atoms in total. The summed E-state index contributed by atoms with van der Waals surface area (Å²) in [6.07, 6.45) is 6.64. The van der Waals surface area contributed by atoms with Crippen LogP contribution < -0.4 is 0 Å². The Bertz CT molecular complexity index is 540. The summed E-state index contributed by atoms with van der Waals surface area (Å²) in [5.74, 6) is 0. The zero-order chi connectivity index (χ0) is 13.5. The maximum Gasteiger partial charge on any atom is 0.0484 e. The van der Waals surface area contributed by atoms with Crippen LogP contribution in [0.25, 0.3) is 0 Å². The molecule has 18 heavy (non-hydrogen) atoms. The van der Waals surface area contributed by atoms with Gasteiger partial charge in [0.2, 0.25) is 0 Å². The molecule has 2 atom stereocenters. The van der Waals surface area contributed by atoms with Gasteiger partial charge in [0.05, 0.1) is 0 Å². The van der Waals surface area contributed by atoms with E-state index in [9.17, 15) is 0 Å². The van der Waals surface area contributed by atoms with Gasteiger partial charge in [-0.1, -0.05) is 74.7 Å². The number of hydrogen-bond donors (Lipinski definition) is 0. The average Bonchev–Trinajstić information content (AvgIpc) is 2.33. The lowest BCUT2D eigenvalue weighted by molar-refractivity contribution is 0.598. The first-order valence-electron chi connectivity index (χ1n) is 6.14. The van der Waals surface area contributed by atoms with Gasteiger partial charge in [0.25, 0.3) is 0 Å². The first kappa shape index (κ1) is 14.1. The summed E-state index contributed by atoms with van der Waals surface area (Å²) in [5, 5.41) is 0. The summed E-state index contributed by atoms with van der Waals surface area (Å²) in [5.41, 5.74) is 5.39. The number of aryl methyl sites for hydroxylation is 1. The van der Waals surface area contributed by atoms with E-state index < -0.39 is 0 Å². The quantitative estimate of drug-likeness (QED) is 0.565. The van der Waals surface area contributed by atoms with E-state index in [1.165, 1.54) is 26.7 Å². The normalized spacial score (nSPS) is 27.2. The molecule has 0 bridgehead atoms. The third-order valence-corrected chi connectivity index (χ3v) is 6.78. The molecule has 0 amide bonds. The molecule has 0 heterocycles. The lowest BCUT2D eigenvalue weighted by atomic mass is 9.73. The molecule has 1 aromatic carbocycles. The Morgan fingerprint density at radius 2 is 1.83 bits per heavy atom. The molecule has 1 aliphatic carbocycles. The van der Waals surface area contributed by atoms with Crippen LogP contribution in [-0.2, 0) is 5.41 Å². The first-order valence-corrected chi connectivity index (χ1v) is 7.85. The van der Waals surface area contributed by atoms with E-state index >= 15 is 0 Å². The van der Waals surface area contributed by atoms with Crippen LogP contribution in [0.1, 0.15) is 30.5 Å². The van der Waals surface area contributed by atoms with Crippen LogP contribution in [0.4, 0.5) is 0 Å². The maximum atomic E-state index is 3.86. The van der Waals surface area contributed by atoms with Crippen LogP contribution in [0, 0.1) is 13.8 Å². The minimum atomic E-state index is 0.0130. The fraction of sp³-hybridized carbons (Fsp3) is 0.375. The third-order valence-electron chi connectivity index (χ3n) is 3.89. The van der Waals surface area contributed by atoms with Crippen LogP contribution in [0.5, 0.6) is 0 Å². The molecule has 0 aromatic heterocycles. The van der Waals surface area contributed by atoms with Gasteiger partial charge in [-0.2, -0.15) is 0 Å². The SMILES string of the molecule is CC1=CC=CC(C)(c2ccc(C)c(Br)c2C)C1Br. The molecular weight excluding hydrogens is 352 g/mol. The van der Waals surface area contributed by atoms with E-state index in [0.717, 1.165) is 0 Å². The van der Waals surface area contributed by atoms with Gasteiger partial charge < -0.3 is 0 Å². The van der Waals surface area contributed by atoms with Gasteiger partial charge >= 0.3 is 0 Å². The fourth-order valence-corrected chi connectivity index (χ4v) is 3.57. The summed E-state index contributed by atoms with van der Waals surface area (Å²) < 4.78 is 1.22. The second-order valence-electron chi connectivity index (χ2n) is 5.28. The zero-order valence-corrected chi connectivity index (χ0v) is 14.4. The first-order chi connectivity index (χ1) is 8.38. The van der Waals surface area contributed by atoms with Crippen molar-refractivity contribution in [2.24, 2.45) is 0 Å². The summed E-state index contributed by atoms with van der Waals surface area (Å²) in [6.45, 7) is 8.80. The van der Waals surface area contributed by atoms with E-state index in [2.05, 4.69) is 89.9 Å². The molecule has 0 radical (unpaired) electrons. The van der Waals surface area contributed by atoms with Crippen molar-refractivity contribution in [2.75, 3.05) is 0 Å². The highest BCUT2D eigenvalue weighted by molar-refractivity contribution is 9.10. The highest BCUT2D eigenvalue weighted by Gasteiger charge is 2.35. The summed E-state index contributed by atoms with van der Waals surface area (Å²) >= 11 is 7.56. The molecule has 2 unspecified atom stereocenters. The molecule has 0 saturated carbocycles. The van der Waals surface area contributed by atoms with E-state index in [0.29, 0.717) is 4.83 Å². The van der Waals surface area contributed by atoms with E-state index in [1.54, 1.807) is 0 Å². The molecule has 2 heteroatoms. The van der Waals surface area contributed by atoms with Crippen LogP contribution >= 0.6 is 31.9 Å². The number of allylic oxidation sites excluding steroid dienone is 4. The Morgan fingerprint density at radius 1 is 1.17 bits per heavy atom. The highest BCUT2D eigenvalue weighted by Crippen LogP contribution is 2.42. The predicted molar refractivity (Wildman–Crippen MR) is 86.6 cm³/mol. The van der Waals surface area contributed by atoms with Crippen molar-refractivity contribution < 1.29 is 0 Å². The molecule has 1 aromatic rings. The predicted octanol–water partition coefficient (Wildman–Crippen LogP) is 5.60. The Kier molecular flexibility index (Phi) is 3.89. The van der Waals surface area contributed by atoms with Crippen molar-refractivity contribution in [1.29, 1.82) is 0 Å². The minimum Gasteiger partial charge on any atom is -0.0829 e. The van der Waals surface area contributed by atoms with Crippen LogP contribution in [0.3, 0.4) is 0 Å². The van der Waals surface area contributed by atoms with Gasteiger partial charge in [0.1, 0.15) is 0 Å². The Morgan fingerprint density at radius 3 is 2.50 bits per heavy atom. The Hall–Kier alpha value is -0.340. The second-order valence-corrected chi connectivity index (χ2v) is 6.99. The van der Waals surface area contributed by atoms with Gasteiger partial charge in [0, 0.05) is 14.7 Å². The van der Waals surface area contributed by atoms with Gasteiger partial charge in [-0.15, -0.1) is 0 Å². The highest BCUT2D eigenvalue weighted by atomic mass is 79.9. The lowest BCUT2D eigenvalue weighted by Crippen LogP contribution is -2.33. The molecular formula is C16H18Br2. The lowest BCUT2D eigenvalue weighted by Gasteiger charge is -2.36. The maximum absolute atomic E-state index is 3.86. The van der Waals surface area contributed by atoms with Crippen LogP contribution in [0.2, 0.25) is 0 Å². The average molecular weight is 370 g/mol. The van der Waals surface area contributed by atoms with Crippen molar-refractivity contribution in [3.63, 3.8) is 0 Å². The zero-order valence-electron chi connectivity index (χ0n) is 11.2. The fourth-order valence-electron chi connectivity index (χ4n) is 2.67. The van der Waals surface area contributed by atoms with Gasteiger partial charge in [-0.3, -0.25) is 0 Å². The largest absolute Gasteiger partial charge is 0.0829 e. The van der Waals surface area contributed by atoms with E-state index in [1.807, 2.05) is 0 Å². The number of benzene rings is 1. The van der Waals surface area contributed by atoms with Gasteiger partial charge in [-0.25, -0.2) is 0 Å². The van der Waals surface area contributed by atoms with Crippen molar-refractivity contribution in [2.45, 2.75) is 37.9 Å². The van der Waals surface area contributed by atoms with Crippen LogP contribution in [-0.4, -0.2) is 4.83 Å². The molecule has 0 saturated heterocycles. The Balaban J connectivity index is 2.59. The van der Waals surface area contributed by atoms with Gasteiger partial charge in [0.15, 0.2) is 0 Å². The molecule has 1 aliphatic rings. The van der Waals surface area contributed by atoms with Crippen molar-refractivity contribution in [1.82, 2.24) is 0 Å². The van der Waals surface area contributed by atoms with E-state index in [-0.39, 0.29) is 5.41 Å². The Labute approximate surface area is 126 Å². The van der Waals surface area contributed by atoms with Crippen molar-refractivity contribution in [3.05, 3.63) is 57.1 Å². The number of rotatable bonds is 1. The smallest absolute Gasteiger partial charge is 0.0484 e. The van der Waals surface area contributed by atoms with Crippen molar-refractivity contribution in [3.8, 4) is 0 Å². The number of halogens is 2. The van der Waals surface area contributed by atoms with Gasteiger partial charge in [-0.05, 0) is 37.5 Å². The standard InChI is InChI=1S/C16H18Br2/c1-10-7-8-13(12(3)14(10)17)16(4)9-5-6-11(2)15(16)18/h5-9,15H,1-4H3. The monoisotopic (exact) mass is 368 g/mol. The molecule has 0 spiro atoms. The van der Waals surface area contributed by atoms with E-state index in [4.69, 9.17) is 0 Å². The summed E-state index contributed by atoms with van der Waals surface area (Å²) in [6, 6.07) is 4.45. The van der Waals surface area contributed by atoms with Crippen LogP contribution in [0.15, 0.2) is 40.4 Å². The molecule has 96 valence electrons. The topological polar surface area (TPSA) is 0 Å². The molecule has 0 N–H and O–H groups in total. The summed E-state index contributed by atoms with van der Waals surface area (Å²) in [4.78, 5) is 0.350. The summed E-state index contributed by atoms with van der Waals surface area (Å²) in [7, 11) is 0. The number of alkyl halides is 1. The minimum absolute atomic E-state index is 0.0130. The molecule has 2 rings (SSSR count). The number of hydrogen-bond acceptors (Lipinski definition) is 0.